The Morgan fingerprint density at radius 3 is 2.53 bits per heavy atom. The molecule has 0 spiro atoms. The van der Waals surface area contributed by atoms with Crippen molar-refractivity contribution in [1.29, 1.82) is 0 Å². The number of hydrogen-bond acceptors (Lipinski definition) is 3. The van der Waals surface area contributed by atoms with Gasteiger partial charge in [0.15, 0.2) is 0 Å². The first-order valence-electron chi connectivity index (χ1n) is 5.96. The minimum atomic E-state index is -0.283. The number of aliphatic hydroxyl groups is 1. The second kappa shape index (κ2) is 5.36. The molecule has 3 atom stereocenters. The molecule has 2 N–H and O–H groups in total. The van der Waals surface area contributed by atoms with Gasteiger partial charge in [-0.1, -0.05) is 23.7 Å². The van der Waals surface area contributed by atoms with E-state index >= 15 is 0 Å². The summed E-state index contributed by atoms with van der Waals surface area (Å²) in [4.78, 5) is 2.22. The van der Waals surface area contributed by atoms with Gasteiger partial charge in [-0.05, 0) is 31.7 Å². The van der Waals surface area contributed by atoms with E-state index in [0.29, 0.717) is 6.54 Å². The Kier molecular flexibility index (Phi) is 4.05. The second-order valence-corrected chi connectivity index (χ2v) is 5.12. The minimum Gasteiger partial charge on any atom is -0.390 e. The van der Waals surface area contributed by atoms with Gasteiger partial charge in [0.05, 0.1) is 6.10 Å². The van der Waals surface area contributed by atoms with Gasteiger partial charge in [-0.3, -0.25) is 4.90 Å². The Morgan fingerprint density at radius 2 is 2.00 bits per heavy atom. The first-order valence-corrected chi connectivity index (χ1v) is 6.33. The first-order chi connectivity index (χ1) is 8.09. The molecule has 1 fully saturated rings. The van der Waals surface area contributed by atoms with E-state index in [0.717, 1.165) is 11.6 Å². The predicted octanol–water partition coefficient (Wildman–Crippen LogP) is 1.67. The number of nitrogens with one attached hydrogen (secondary N) is 1. The van der Waals surface area contributed by atoms with Crippen LogP contribution in [0.5, 0.6) is 0 Å². The molecule has 1 aliphatic rings. The summed E-state index contributed by atoms with van der Waals surface area (Å²) in [6, 6.07) is 8.35. The van der Waals surface area contributed by atoms with Gasteiger partial charge in [-0.15, -0.1) is 0 Å². The molecule has 0 aromatic heterocycles. The third kappa shape index (κ3) is 2.80. The molecule has 0 bridgehead atoms. The van der Waals surface area contributed by atoms with Crippen LogP contribution in [0.3, 0.4) is 0 Å². The average Bonchev–Trinajstić information content (AvgIpc) is 2.74. The molecule has 3 nitrogen and oxygen atoms in total. The number of aliphatic hydroxyl groups excluding tert-OH is 1. The molecule has 4 heteroatoms. The summed E-state index contributed by atoms with van der Waals surface area (Å²) in [6.07, 6.45) is -0.283. The van der Waals surface area contributed by atoms with Gasteiger partial charge in [0.2, 0.25) is 0 Å². The van der Waals surface area contributed by atoms with Crippen LogP contribution >= 0.6 is 11.6 Å². The van der Waals surface area contributed by atoms with E-state index in [-0.39, 0.29) is 18.2 Å². The lowest BCUT2D eigenvalue weighted by Gasteiger charge is -2.32. The van der Waals surface area contributed by atoms with Crippen molar-refractivity contribution in [2.45, 2.75) is 25.1 Å². The van der Waals surface area contributed by atoms with Gasteiger partial charge in [0.25, 0.3) is 0 Å². The Labute approximate surface area is 107 Å². The van der Waals surface area contributed by atoms with E-state index in [1.165, 1.54) is 5.56 Å². The lowest BCUT2D eigenvalue weighted by molar-refractivity contribution is 0.0776. The van der Waals surface area contributed by atoms with Gasteiger partial charge in [0.1, 0.15) is 0 Å². The summed E-state index contributed by atoms with van der Waals surface area (Å²) in [5, 5.41) is 13.8. The van der Waals surface area contributed by atoms with Crippen molar-refractivity contribution in [3.05, 3.63) is 34.9 Å². The topological polar surface area (TPSA) is 35.5 Å². The Balaban J connectivity index is 2.08. The normalized spacial score (nSPS) is 26.4. The smallest absolute Gasteiger partial charge is 0.0831 e. The summed E-state index contributed by atoms with van der Waals surface area (Å²) in [7, 11) is 2.06. The van der Waals surface area contributed by atoms with Crippen LogP contribution in [-0.2, 0) is 0 Å². The lowest BCUT2D eigenvalue weighted by Crippen LogP contribution is -2.41. The Morgan fingerprint density at radius 1 is 1.35 bits per heavy atom. The van der Waals surface area contributed by atoms with Gasteiger partial charge >= 0.3 is 0 Å². The molecule has 1 heterocycles. The summed E-state index contributed by atoms with van der Waals surface area (Å²) in [5.41, 5.74) is 1.22. The van der Waals surface area contributed by atoms with Gasteiger partial charge in [-0.25, -0.2) is 0 Å². The number of benzene rings is 1. The summed E-state index contributed by atoms with van der Waals surface area (Å²) < 4.78 is 0. The molecular formula is C13H19ClN2O. The number of hydrogen-bond donors (Lipinski definition) is 2. The maximum Gasteiger partial charge on any atom is 0.0831 e. The van der Waals surface area contributed by atoms with Crippen molar-refractivity contribution in [1.82, 2.24) is 10.2 Å². The first kappa shape index (κ1) is 12.8. The van der Waals surface area contributed by atoms with Crippen molar-refractivity contribution in [2.75, 3.05) is 20.1 Å². The Hall–Kier alpha value is -0.610. The second-order valence-electron chi connectivity index (χ2n) is 4.69. The van der Waals surface area contributed by atoms with Crippen molar-refractivity contribution < 1.29 is 5.11 Å². The number of halogens is 1. The van der Waals surface area contributed by atoms with Crippen LogP contribution in [0.1, 0.15) is 18.5 Å². The van der Waals surface area contributed by atoms with E-state index in [1.807, 2.05) is 24.3 Å². The molecule has 0 amide bonds. The van der Waals surface area contributed by atoms with Crippen LogP contribution in [0.15, 0.2) is 24.3 Å². The largest absolute Gasteiger partial charge is 0.390 e. The number of nitrogens with zero attached hydrogens (tertiary/aromatic N) is 1. The zero-order valence-electron chi connectivity index (χ0n) is 10.2. The van der Waals surface area contributed by atoms with E-state index in [4.69, 9.17) is 11.6 Å². The average molecular weight is 255 g/mol. The van der Waals surface area contributed by atoms with Crippen LogP contribution in [0.4, 0.5) is 0 Å². The van der Waals surface area contributed by atoms with E-state index < -0.39 is 0 Å². The molecular weight excluding hydrogens is 236 g/mol. The Bertz CT molecular complexity index is 368. The fourth-order valence-corrected chi connectivity index (χ4v) is 2.46. The minimum absolute atomic E-state index is 0.181. The molecule has 1 aliphatic heterocycles. The number of likely N-dealkylation sites (N-methyl/N-ethyl adjacent to an activating group) is 1. The van der Waals surface area contributed by atoms with Crippen LogP contribution in [0.2, 0.25) is 5.02 Å². The van der Waals surface area contributed by atoms with Crippen molar-refractivity contribution in [2.24, 2.45) is 0 Å². The SMILES string of the molecule is CC(c1ccc(Cl)cc1)N(C)[C@H]1CNC[C@@H]1O. The lowest BCUT2D eigenvalue weighted by atomic mass is 10.0. The van der Waals surface area contributed by atoms with Gasteiger partial charge in [-0.2, -0.15) is 0 Å². The highest BCUT2D eigenvalue weighted by Crippen LogP contribution is 2.24. The van der Waals surface area contributed by atoms with Crippen LogP contribution in [0, 0.1) is 0 Å². The maximum atomic E-state index is 9.87. The van der Waals surface area contributed by atoms with E-state index in [9.17, 15) is 5.11 Å². The van der Waals surface area contributed by atoms with Crippen molar-refractivity contribution in [3.63, 3.8) is 0 Å². The summed E-state index contributed by atoms with van der Waals surface area (Å²) in [6.45, 7) is 3.67. The molecule has 1 aromatic carbocycles. The maximum absolute atomic E-state index is 9.87. The fraction of sp³-hybridized carbons (Fsp3) is 0.538. The summed E-state index contributed by atoms with van der Waals surface area (Å²) in [5.74, 6) is 0. The van der Waals surface area contributed by atoms with Gasteiger partial charge in [0, 0.05) is 30.2 Å². The zero-order chi connectivity index (χ0) is 12.4. The standard InChI is InChI=1S/C13H19ClN2O/c1-9(10-3-5-11(14)6-4-10)16(2)12-7-15-8-13(12)17/h3-6,9,12-13,15,17H,7-8H2,1-2H3/t9?,12-,13-/m0/s1. The van der Waals surface area contributed by atoms with E-state index in [1.54, 1.807) is 0 Å². The van der Waals surface area contributed by atoms with Crippen LogP contribution < -0.4 is 5.32 Å². The number of β-amino-alcohol motifs (C(OH)–C–C–N with tert-alkyl or cyclic N) is 1. The van der Waals surface area contributed by atoms with Crippen molar-refractivity contribution >= 4 is 11.6 Å². The molecule has 2 rings (SSSR count). The predicted molar refractivity (Wildman–Crippen MR) is 70.3 cm³/mol. The van der Waals surface area contributed by atoms with E-state index in [2.05, 4.69) is 24.2 Å². The van der Waals surface area contributed by atoms with Crippen molar-refractivity contribution in [3.8, 4) is 0 Å². The third-order valence-corrected chi connectivity index (χ3v) is 3.89. The van der Waals surface area contributed by atoms with Crippen LogP contribution in [-0.4, -0.2) is 42.3 Å². The number of rotatable bonds is 3. The monoisotopic (exact) mass is 254 g/mol. The molecule has 94 valence electrons. The molecule has 0 saturated carbocycles. The summed E-state index contributed by atoms with van der Waals surface area (Å²) >= 11 is 5.88. The molecule has 1 aromatic rings. The molecule has 1 saturated heterocycles. The molecule has 1 unspecified atom stereocenters. The molecule has 0 aliphatic carbocycles. The highest BCUT2D eigenvalue weighted by atomic mass is 35.5. The quantitative estimate of drug-likeness (QED) is 0.861. The molecule has 17 heavy (non-hydrogen) atoms. The third-order valence-electron chi connectivity index (χ3n) is 3.64. The van der Waals surface area contributed by atoms with Gasteiger partial charge < -0.3 is 10.4 Å². The highest BCUT2D eigenvalue weighted by Gasteiger charge is 2.31. The van der Waals surface area contributed by atoms with Crippen LogP contribution in [0.25, 0.3) is 0 Å². The fourth-order valence-electron chi connectivity index (χ4n) is 2.33. The zero-order valence-corrected chi connectivity index (χ0v) is 11.0. The molecule has 0 radical (unpaired) electrons. The highest BCUT2D eigenvalue weighted by molar-refractivity contribution is 6.30.